The summed E-state index contributed by atoms with van der Waals surface area (Å²) >= 11 is 0. The Morgan fingerprint density at radius 3 is 2.48 bits per heavy atom. The molecule has 0 heterocycles. The predicted molar refractivity (Wildman–Crippen MR) is 115 cm³/mol. The van der Waals surface area contributed by atoms with Crippen molar-refractivity contribution in [3.05, 3.63) is 35.9 Å². The molecule has 31 heavy (non-hydrogen) atoms. The highest BCUT2D eigenvalue weighted by Gasteiger charge is 2.30. The summed E-state index contributed by atoms with van der Waals surface area (Å²) in [5, 5.41) is 15.1. The predicted octanol–water partition coefficient (Wildman–Crippen LogP) is 3.73. The van der Waals surface area contributed by atoms with E-state index in [0.29, 0.717) is 12.8 Å². The Morgan fingerprint density at radius 2 is 1.84 bits per heavy atom. The van der Waals surface area contributed by atoms with Gasteiger partial charge in [0.25, 0.3) is 0 Å². The van der Waals surface area contributed by atoms with E-state index in [1.165, 1.54) is 4.90 Å². The van der Waals surface area contributed by atoms with Gasteiger partial charge in [0.05, 0.1) is 0 Å². The average Bonchev–Trinajstić information content (AvgIpc) is 2.69. The molecule has 2 unspecified atom stereocenters. The molecule has 172 valence electrons. The Morgan fingerprint density at radius 1 is 1.13 bits per heavy atom. The Hall–Kier alpha value is -2.97. The van der Waals surface area contributed by atoms with Crippen LogP contribution in [0.25, 0.3) is 0 Å². The standard InChI is InChI=1S/C22H33N3O6/c1-22(2,3)31-19(26)23-12-13-25(21(28)29)18-11-7-10-17(14-18)24-20(27)30-15-16-8-5-4-6-9-16/h4-6,8-9,17-18H,7,10-15H2,1-3H3,(H,23,26)(H,24,27)(H,28,29). The molecule has 0 radical (unpaired) electrons. The minimum Gasteiger partial charge on any atom is -0.465 e. The molecule has 1 aliphatic rings. The molecule has 0 bridgehead atoms. The highest BCUT2D eigenvalue weighted by atomic mass is 16.6. The zero-order valence-electron chi connectivity index (χ0n) is 18.4. The first kappa shape index (κ1) is 24.3. The van der Waals surface area contributed by atoms with Crippen molar-refractivity contribution in [2.45, 2.75) is 70.7 Å². The van der Waals surface area contributed by atoms with Crippen LogP contribution in [0.15, 0.2) is 30.3 Å². The minimum atomic E-state index is -1.05. The van der Waals surface area contributed by atoms with Crippen molar-refractivity contribution in [3.63, 3.8) is 0 Å². The molecule has 9 nitrogen and oxygen atoms in total. The first-order valence-electron chi connectivity index (χ1n) is 10.6. The third-order valence-electron chi connectivity index (χ3n) is 4.89. The van der Waals surface area contributed by atoms with Crippen LogP contribution in [0, 0.1) is 0 Å². The number of carboxylic acid groups (broad SMARTS) is 1. The molecule has 3 amide bonds. The van der Waals surface area contributed by atoms with E-state index in [0.717, 1.165) is 18.4 Å². The number of rotatable bonds is 7. The number of nitrogens with zero attached hydrogens (tertiary/aromatic N) is 1. The van der Waals surface area contributed by atoms with Crippen LogP contribution >= 0.6 is 0 Å². The second-order valence-electron chi connectivity index (χ2n) is 8.63. The van der Waals surface area contributed by atoms with E-state index in [1.807, 2.05) is 30.3 Å². The number of hydrogen-bond acceptors (Lipinski definition) is 5. The summed E-state index contributed by atoms with van der Waals surface area (Å²) in [6.07, 6.45) is 0.612. The van der Waals surface area contributed by atoms with Crippen molar-refractivity contribution in [3.8, 4) is 0 Å². The molecule has 1 aromatic rings. The average molecular weight is 436 g/mol. The number of carbonyl (C=O) groups excluding carboxylic acids is 2. The van der Waals surface area contributed by atoms with Gasteiger partial charge in [-0.25, -0.2) is 14.4 Å². The van der Waals surface area contributed by atoms with Crippen molar-refractivity contribution in [2.24, 2.45) is 0 Å². The third kappa shape index (κ3) is 9.15. The van der Waals surface area contributed by atoms with Gasteiger partial charge in [0.2, 0.25) is 0 Å². The molecule has 0 spiro atoms. The van der Waals surface area contributed by atoms with Gasteiger partial charge in [-0.1, -0.05) is 30.3 Å². The fraction of sp³-hybridized carbons (Fsp3) is 0.591. The van der Waals surface area contributed by atoms with Gasteiger partial charge < -0.3 is 30.1 Å². The molecule has 1 fully saturated rings. The minimum absolute atomic E-state index is 0.143. The van der Waals surface area contributed by atoms with Crippen LogP contribution in [-0.4, -0.2) is 59.1 Å². The van der Waals surface area contributed by atoms with Crippen LogP contribution in [-0.2, 0) is 16.1 Å². The molecular weight excluding hydrogens is 402 g/mol. The lowest BCUT2D eigenvalue weighted by atomic mass is 9.90. The summed E-state index contributed by atoms with van der Waals surface area (Å²) in [5.41, 5.74) is 0.280. The molecule has 1 aromatic carbocycles. The maximum Gasteiger partial charge on any atom is 0.407 e. The van der Waals surface area contributed by atoms with Crippen LogP contribution in [0.1, 0.15) is 52.0 Å². The van der Waals surface area contributed by atoms with Gasteiger partial charge in [0, 0.05) is 25.2 Å². The number of amides is 3. The number of benzene rings is 1. The molecule has 0 aromatic heterocycles. The Bertz CT molecular complexity index is 735. The summed E-state index contributed by atoms with van der Waals surface area (Å²) in [7, 11) is 0. The SMILES string of the molecule is CC(C)(C)OC(=O)NCCN(C(=O)O)C1CCCC(NC(=O)OCc2ccccc2)C1. The lowest BCUT2D eigenvalue weighted by molar-refractivity contribution is 0.0509. The molecule has 1 saturated carbocycles. The van der Waals surface area contributed by atoms with E-state index >= 15 is 0 Å². The Labute approximate surface area is 183 Å². The summed E-state index contributed by atoms with van der Waals surface area (Å²) in [5.74, 6) is 0. The van der Waals surface area contributed by atoms with Crippen LogP contribution in [0.2, 0.25) is 0 Å². The summed E-state index contributed by atoms with van der Waals surface area (Å²) in [4.78, 5) is 37.0. The van der Waals surface area contributed by atoms with Crippen molar-refractivity contribution in [1.29, 1.82) is 0 Å². The number of nitrogens with one attached hydrogen (secondary N) is 2. The largest absolute Gasteiger partial charge is 0.465 e. The summed E-state index contributed by atoms with van der Waals surface area (Å²) in [6.45, 7) is 5.75. The fourth-order valence-corrected chi connectivity index (χ4v) is 3.54. The van der Waals surface area contributed by atoms with Crippen LogP contribution in [0.5, 0.6) is 0 Å². The number of ether oxygens (including phenoxy) is 2. The number of alkyl carbamates (subject to hydrolysis) is 2. The summed E-state index contributed by atoms with van der Waals surface area (Å²) < 4.78 is 10.4. The van der Waals surface area contributed by atoms with E-state index in [9.17, 15) is 19.5 Å². The molecule has 0 aliphatic heterocycles. The van der Waals surface area contributed by atoms with Crippen LogP contribution in [0.4, 0.5) is 14.4 Å². The van der Waals surface area contributed by atoms with Gasteiger partial charge in [-0.2, -0.15) is 0 Å². The first-order valence-corrected chi connectivity index (χ1v) is 10.6. The topological polar surface area (TPSA) is 117 Å². The van der Waals surface area contributed by atoms with Gasteiger partial charge >= 0.3 is 18.3 Å². The van der Waals surface area contributed by atoms with Crippen molar-refractivity contribution >= 4 is 18.3 Å². The molecule has 2 rings (SSSR count). The molecule has 3 N–H and O–H groups in total. The van der Waals surface area contributed by atoms with Gasteiger partial charge in [-0.05, 0) is 52.0 Å². The zero-order chi connectivity index (χ0) is 22.9. The van der Waals surface area contributed by atoms with E-state index in [-0.39, 0.29) is 31.8 Å². The highest BCUT2D eigenvalue weighted by Crippen LogP contribution is 2.23. The van der Waals surface area contributed by atoms with Crippen molar-refractivity contribution in [1.82, 2.24) is 15.5 Å². The maximum absolute atomic E-state index is 12.1. The van der Waals surface area contributed by atoms with Gasteiger partial charge in [-0.15, -0.1) is 0 Å². The van der Waals surface area contributed by atoms with Gasteiger partial charge in [0.1, 0.15) is 12.2 Å². The van der Waals surface area contributed by atoms with E-state index in [4.69, 9.17) is 9.47 Å². The maximum atomic E-state index is 12.1. The van der Waals surface area contributed by atoms with Gasteiger partial charge in [-0.3, -0.25) is 0 Å². The quantitative estimate of drug-likeness (QED) is 0.601. The van der Waals surface area contributed by atoms with Crippen molar-refractivity contribution < 1.29 is 29.0 Å². The van der Waals surface area contributed by atoms with E-state index in [2.05, 4.69) is 10.6 Å². The fourth-order valence-electron chi connectivity index (χ4n) is 3.54. The van der Waals surface area contributed by atoms with E-state index < -0.39 is 23.9 Å². The first-order chi connectivity index (χ1) is 14.6. The normalized spacial score (nSPS) is 18.5. The second kappa shape index (κ2) is 11.4. The number of hydrogen-bond donors (Lipinski definition) is 3. The molecule has 9 heteroatoms. The van der Waals surface area contributed by atoms with Crippen LogP contribution < -0.4 is 10.6 Å². The third-order valence-corrected chi connectivity index (χ3v) is 4.89. The lowest BCUT2D eigenvalue weighted by Crippen LogP contribution is -2.50. The number of carbonyl (C=O) groups is 3. The summed E-state index contributed by atoms with van der Waals surface area (Å²) in [6, 6.07) is 8.98. The van der Waals surface area contributed by atoms with E-state index in [1.54, 1.807) is 20.8 Å². The van der Waals surface area contributed by atoms with Crippen molar-refractivity contribution in [2.75, 3.05) is 13.1 Å². The second-order valence-corrected chi connectivity index (χ2v) is 8.63. The Balaban J connectivity index is 1.80. The highest BCUT2D eigenvalue weighted by molar-refractivity contribution is 5.68. The van der Waals surface area contributed by atoms with Gasteiger partial charge in [0.15, 0.2) is 0 Å². The zero-order valence-corrected chi connectivity index (χ0v) is 18.4. The Kier molecular flexibility index (Phi) is 8.96. The smallest absolute Gasteiger partial charge is 0.407 e. The molecule has 2 atom stereocenters. The molecular formula is C22H33N3O6. The van der Waals surface area contributed by atoms with Crippen LogP contribution in [0.3, 0.4) is 0 Å². The lowest BCUT2D eigenvalue weighted by Gasteiger charge is -2.36. The molecule has 1 aliphatic carbocycles. The molecule has 0 saturated heterocycles. The monoisotopic (exact) mass is 435 g/mol.